The number of aliphatic hydroxyl groups is 1. The SMILES string of the molecule is Cc1nc(N2CCC3(CCC[C@H]3C)CC2)c(CO)nc1-c1cccc(Cl)c1Cl. The zero-order valence-electron chi connectivity index (χ0n) is 16.5. The lowest BCUT2D eigenvalue weighted by atomic mass is 9.71. The number of halogens is 2. The first kappa shape index (κ1) is 19.9. The molecule has 1 aliphatic heterocycles. The van der Waals surface area contributed by atoms with Gasteiger partial charge >= 0.3 is 0 Å². The highest BCUT2D eigenvalue weighted by Gasteiger charge is 2.42. The summed E-state index contributed by atoms with van der Waals surface area (Å²) in [5.41, 5.74) is 3.33. The Balaban J connectivity index is 1.64. The van der Waals surface area contributed by atoms with Gasteiger partial charge in [0.15, 0.2) is 5.82 Å². The molecule has 6 heteroatoms. The Morgan fingerprint density at radius 2 is 1.93 bits per heavy atom. The highest BCUT2D eigenvalue weighted by atomic mass is 35.5. The van der Waals surface area contributed by atoms with Crippen molar-refractivity contribution in [1.82, 2.24) is 9.97 Å². The van der Waals surface area contributed by atoms with Crippen molar-refractivity contribution in [2.45, 2.75) is 52.6 Å². The summed E-state index contributed by atoms with van der Waals surface area (Å²) in [6.07, 6.45) is 6.46. The maximum atomic E-state index is 9.99. The zero-order valence-corrected chi connectivity index (χ0v) is 18.0. The molecule has 2 fully saturated rings. The van der Waals surface area contributed by atoms with Gasteiger partial charge in [-0.25, -0.2) is 9.97 Å². The molecule has 1 aromatic carbocycles. The van der Waals surface area contributed by atoms with Gasteiger partial charge in [0.25, 0.3) is 0 Å². The topological polar surface area (TPSA) is 49.2 Å². The Kier molecular flexibility index (Phi) is 5.56. The van der Waals surface area contributed by atoms with Crippen LogP contribution >= 0.6 is 23.2 Å². The molecule has 4 rings (SSSR count). The number of benzene rings is 1. The summed E-state index contributed by atoms with van der Waals surface area (Å²) >= 11 is 12.6. The van der Waals surface area contributed by atoms with E-state index in [9.17, 15) is 5.11 Å². The molecule has 0 unspecified atom stereocenters. The lowest BCUT2D eigenvalue weighted by Crippen LogP contribution is -2.42. The van der Waals surface area contributed by atoms with E-state index in [2.05, 4.69) is 11.8 Å². The van der Waals surface area contributed by atoms with Crippen molar-refractivity contribution in [3.8, 4) is 11.3 Å². The lowest BCUT2D eigenvalue weighted by molar-refractivity contribution is 0.161. The average Bonchev–Trinajstić information content (AvgIpc) is 3.04. The second-order valence-electron chi connectivity index (χ2n) is 8.33. The number of anilines is 1. The summed E-state index contributed by atoms with van der Waals surface area (Å²) in [5.74, 6) is 1.62. The predicted molar refractivity (Wildman–Crippen MR) is 115 cm³/mol. The van der Waals surface area contributed by atoms with Gasteiger partial charge < -0.3 is 10.0 Å². The minimum atomic E-state index is -0.147. The molecule has 1 spiro atoms. The van der Waals surface area contributed by atoms with Crippen LogP contribution in [0.3, 0.4) is 0 Å². The molecule has 2 aliphatic rings. The maximum absolute atomic E-state index is 9.99. The second-order valence-corrected chi connectivity index (χ2v) is 9.12. The fourth-order valence-corrected chi connectivity index (χ4v) is 5.45. The summed E-state index contributed by atoms with van der Waals surface area (Å²) < 4.78 is 0. The predicted octanol–water partition coefficient (Wildman–Crippen LogP) is 5.66. The van der Waals surface area contributed by atoms with Crippen molar-refractivity contribution in [2.24, 2.45) is 11.3 Å². The first-order valence-electron chi connectivity index (χ1n) is 10.1. The Morgan fingerprint density at radius 3 is 2.57 bits per heavy atom. The third-order valence-electron chi connectivity index (χ3n) is 6.89. The molecule has 1 aliphatic carbocycles. The van der Waals surface area contributed by atoms with Gasteiger partial charge in [0.1, 0.15) is 5.69 Å². The lowest BCUT2D eigenvalue weighted by Gasteiger charge is -2.43. The number of aliphatic hydroxyl groups excluding tert-OH is 1. The number of piperidine rings is 1. The highest BCUT2D eigenvalue weighted by molar-refractivity contribution is 6.43. The van der Waals surface area contributed by atoms with Crippen LogP contribution in [-0.4, -0.2) is 28.2 Å². The standard InChI is InChI=1S/C22H27Cl2N3O/c1-14-5-4-8-22(14)9-11-27(12-10-22)21-18(13-28)26-20(15(2)25-21)16-6-3-7-17(23)19(16)24/h3,6-7,14,28H,4-5,8-13H2,1-2H3/t14-/m1/s1. The number of aromatic nitrogens is 2. The van der Waals surface area contributed by atoms with E-state index in [-0.39, 0.29) is 6.61 Å². The van der Waals surface area contributed by atoms with Crippen molar-refractivity contribution < 1.29 is 5.11 Å². The van der Waals surface area contributed by atoms with Crippen LogP contribution in [0.2, 0.25) is 10.0 Å². The summed E-state index contributed by atoms with van der Waals surface area (Å²) in [7, 11) is 0. The minimum Gasteiger partial charge on any atom is -0.390 e. The van der Waals surface area contributed by atoms with Crippen molar-refractivity contribution >= 4 is 29.0 Å². The van der Waals surface area contributed by atoms with Crippen LogP contribution in [0.15, 0.2) is 18.2 Å². The number of rotatable bonds is 3. The van der Waals surface area contributed by atoms with E-state index in [4.69, 9.17) is 33.2 Å². The fraction of sp³-hybridized carbons (Fsp3) is 0.545. The molecule has 2 heterocycles. The molecular formula is C22H27Cl2N3O. The van der Waals surface area contributed by atoms with Crippen LogP contribution < -0.4 is 4.90 Å². The Hall–Kier alpha value is -1.36. The monoisotopic (exact) mass is 419 g/mol. The fourth-order valence-electron chi connectivity index (χ4n) is 5.06. The molecule has 1 atom stereocenters. The molecule has 1 saturated carbocycles. The summed E-state index contributed by atoms with van der Waals surface area (Å²) in [6.45, 7) is 6.15. The molecule has 150 valence electrons. The summed E-state index contributed by atoms with van der Waals surface area (Å²) in [6, 6.07) is 5.49. The molecule has 1 aromatic heterocycles. The van der Waals surface area contributed by atoms with E-state index < -0.39 is 0 Å². The van der Waals surface area contributed by atoms with E-state index in [0.717, 1.165) is 36.1 Å². The zero-order chi connectivity index (χ0) is 19.9. The van der Waals surface area contributed by atoms with Crippen LogP contribution in [0.1, 0.15) is 50.4 Å². The van der Waals surface area contributed by atoms with Gasteiger partial charge in [0.05, 0.1) is 28.0 Å². The quantitative estimate of drug-likeness (QED) is 0.696. The van der Waals surface area contributed by atoms with Crippen molar-refractivity contribution in [3.63, 3.8) is 0 Å². The Labute approximate surface area is 176 Å². The van der Waals surface area contributed by atoms with Crippen LogP contribution in [0.4, 0.5) is 5.82 Å². The number of hydrogen-bond donors (Lipinski definition) is 1. The van der Waals surface area contributed by atoms with Crippen LogP contribution in [-0.2, 0) is 6.61 Å². The van der Waals surface area contributed by atoms with Crippen LogP contribution in [0, 0.1) is 18.3 Å². The Morgan fingerprint density at radius 1 is 1.18 bits per heavy atom. The van der Waals surface area contributed by atoms with Crippen molar-refractivity contribution in [2.75, 3.05) is 18.0 Å². The Bertz CT molecular complexity index is 878. The van der Waals surface area contributed by atoms with Gasteiger partial charge in [-0.15, -0.1) is 0 Å². The van der Waals surface area contributed by atoms with E-state index in [0.29, 0.717) is 26.8 Å². The highest BCUT2D eigenvalue weighted by Crippen LogP contribution is 2.50. The number of nitrogens with zero attached hydrogens (tertiary/aromatic N) is 3. The van der Waals surface area contributed by atoms with E-state index in [1.165, 1.54) is 32.1 Å². The van der Waals surface area contributed by atoms with Gasteiger partial charge in [-0.05, 0) is 43.6 Å². The largest absolute Gasteiger partial charge is 0.390 e. The molecule has 4 nitrogen and oxygen atoms in total. The molecule has 1 saturated heterocycles. The molecule has 0 bridgehead atoms. The molecule has 28 heavy (non-hydrogen) atoms. The first-order chi connectivity index (χ1) is 13.4. The number of hydrogen-bond acceptors (Lipinski definition) is 4. The minimum absolute atomic E-state index is 0.147. The van der Waals surface area contributed by atoms with Gasteiger partial charge in [0.2, 0.25) is 0 Å². The van der Waals surface area contributed by atoms with Crippen molar-refractivity contribution in [1.29, 1.82) is 0 Å². The van der Waals surface area contributed by atoms with Crippen molar-refractivity contribution in [3.05, 3.63) is 39.6 Å². The van der Waals surface area contributed by atoms with E-state index in [1.54, 1.807) is 6.07 Å². The third-order valence-corrected chi connectivity index (χ3v) is 7.71. The van der Waals surface area contributed by atoms with Gasteiger partial charge in [-0.1, -0.05) is 55.1 Å². The van der Waals surface area contributed by atoms with E-state index in [1.807, 2.05) is 19.1 Å². The second kappa shape index (κ2) is 7.81. The first-order valence-corrected chi connectivity index (χ1v) is 10.9. The number of aryl methyl sites for hydroxylation is 1. The molecular weight excluding hydrogens is 393 g/mol. The molecule has 0 radical (unpaired) electrons. The van der Waals surface area contributed by atoms with Gasteiger partial charge in [0, 0.05) is 18.7 Å². The summed E-state index contributed by atoms with van der Waals surface area (Å²) in [5, 5.41) is 10.9. The van der Waals surface area contributed by atoms with Gasteiger partial charge in [-0.3, -0.25) is 0 Å². The molecule has 2 aromatic rings. The van der Waals surface area contributed by atoms with Gasteiger partial charge in [-0.2, -0.15) is 0 Å². The molecule has 1 N–H and O–H groups in total. The maximum Gasteiger partial charge on any atom is 0.153 e. The third kappa shape index (κ3) is 3.40. The van der Waals surface area contributed by atoms with Crippen LogP contribution in [0.5, 0.6) is 0 Å². The molecule has 0 amide bonds. The van der Waals surface area contributed by atoms with Crippen LogP contribution in [0.25, 0.3) is 11.3 Å². The normalized spacial score (nSPS) is 21.5. The average molecular weight is 420 g/mol. The summed E-state index contributed by atoms with van der Waals surface area (Å²) in [4.78, 5) is 11.9. The van der Waals surface area contributed by atoms with E-state index >= 15 is 0 Å². The smallest absolute Gasteiger partial charge is 0.153 e.